The van der Waals surface area contributed by atoms with Crippen molar-refractivity contribution in [2.75, 3.05) is 13.6 Å². The van der Waals surface area contributed by atoms with Crippen molar-refractivity contribution in [2.45, 2.75) is 32.6 Å². The normalized spacial score (nSPS) is 21.8. The van der Waals surface area contributed by atoms with Crippen molar-refractivity contribution in [3.05, 3.63) is 47.7 Å². The average Bonchev–Trinajstić information content (AvgIpc) is 3.03. The number of carbonyl (C=O) groups is 2. The Balaban J connectivity index is 1.93. The first-order valence-corrected chi connectivity index (χ1v) is 9.35. The highest BCUT2D eigenvalue weighted by Crippen LogP contribution is 2.44. The molecule has 1 amide bonds. The molecule has 1 heterocycles. The predicted molar refractivity (Wildman–Crippen MR) is 105 cm³/mol. The summed E-state index contributed by atoms with van der Waals surface area (Å²) in [5.41, 5.74) is 3.03. The zero-order valence-electron chi connectivity index (χ0n) is 16.0. The molecule has 0 bridgehead atoms. The quantitative estimate of drug-likeness (QED) is 0.825. The third kappa shape index (κ3) is 3.52. The van der Waals surface area contributed by atoms with Crippen molar-refractivity contribution in [1.29, 1.82) is 5.26 Å². The summed E-state index contributed by atoms with van der Waals surface area (Å²) in [6, 6.07) is 10.4. The Kier molecular flexibility index (Phi) is 5.46. The van der Waals surface area contributed by atoms with Gasteiger partial charge in [-0.1, -0.05) is 24.3 Å². The molecule has 1 aliphatic carbocycles. The second-order valence-electron chi connectivity index (χ2n) is 7.30. The minimum atomic E-state index is -0.375. The van der Waals surface area contributed by atoms with Crippen molar-refractivity contribution in [3.8, 4) is 6.07 Å². The number of para-hydroxylation sites is 1. The van der Waals surface area contributed by atoms with Gasteiger partial charge in [0, 0.05) is 36.1 Å². The number of nitrogens with one attached hydrogen (secondary N) is 1. The molecule has 0 aliphatic heterocycles. The van der Waals surface area contributed by atoms with Gasteiger partial charge in [-0.05, 0) is 50.3 Å². The van der Waals surface area contributed by atoms with Gasteiger partial charge in [-0.2, -0.15) is 5.26 Å². The smallest absolute Gasteiger partial charge is 0.245 e. The predicted octanol–water partition coefficient (Wildman–Crippen LogP) is 3.58. The van der Waals surface area contributed by atoms with Crippen LogP contribution in [0.4, 0.5) is 0 Å². The molecule has 5 nitrogen and oxygen atoms in total. The minimum absolute atomic E-state index is 0.0625. The van der Waals surface area contributed by atoms with Crippen molar-refractivity contribution in [3.63, 3.8) is 0 Å². The van der Waals surface area contributed by atoms with Crippen LogP contribution in [0.15, 0.2) is 36.4 Å². The Morgan fingerprint density at radius 3 is 2.78 bits per heavy atom. The number of aromatic nitrogens is 1. The third-order valence-electron chi connectivity index (χ3n) is 5.67. The molecule has 2 aromatic rings. The Hall–Kier alpha value is -2.87. The van der Waals surface area contributed by atoms with E-state index in [1.807, 2.05) is 31.2 Å². The van der Waals surface area contributed by atoms with Crippen LogP contribution in [0.2, 0.25) is 0 Å². The van der Waals surface area contributed by atoms with E-state index >= 15 is 0 Å². The summed E-state index contributed by atoms with van der Waals surface area (Å²) < 4.78 is 0. The van der Waals surface area contributed by atoms with E-state index in [1.165, 1.54) is 6.08 Å². The number of carbonyl (C=O) groups excluding carboxylic acids is 2. The molecular weight excluding hydrogens is 338 g/mol. The van der Waals surface area contributed by atoms with Gasteiger partial charge in [0.15, 0.2) is 0 Å². The van der Waals surface area contributed by atoms with Gasteiger partial charge in [-0.3, -0.25) is 9.59 Å². The van der Waals surface area contributed by atoms with Crippen LogP contribution in [0.3, 0.4) is 0 Å². The molecule has 3 rings (SSSR count). The number of fused-ring (bicyclic) bond motifs is 3. The number of nitrogens with zero attached hydrogens (tertiary/aromatic N) is 2. The Labute approximate surface area is 159 Å². The number of allylic oxidation sites excluding steroid dienone is 1. The molecule has 1 aromatic heterocycles. The van der Waals surface area contributed by atoms with E-state index in [0.29, 0.717) is 19.4 Å². The second kappa shape index (κ2) is 7.79. The van der Waals surface area contributed by atoms with Crippen molar-refractivity contribution in [2.24, 2.45) is 11.8 Å². The molecule has 0 spiro atoms. The van der Waals surface area contributed by atoms with Crippen LogP contribution in [-0.2, 0) is 16.0 Å². The van der Waals surface area contributed by atoms with Gasteiger partial charge in [0.25, 0.3) is 0 Å². The molecule has 140 valence electrons. The summed E-state index contributed by atoms with van der Waals surface area (Å²) in [5, 5.41) is 11.0. The zero-order valence-corrected chi connectivity index (χ0v) is 16.0. The number of aromatic amines is 1. The lowest BCUT2D eigenvalue weighted by Crippen LogP contribution is -2.36. The maximum atomic E-state index is 12.4. The number of hydrogen-bond acceptors (Lipinski definition) is 3. The number of ketones is 1. The third-order valence-corrected chi connectivity index (χ3v) is 5.67. The van der Waals surface area contributed by atoms with Crippen LogP contribution in [0.25, 0.3) is 10.9 Å². The fraction of sp³-hybridized carbons (Fsp3) is 0.409. The molecule has 0 saturated carbocycles. The summed E-state index contributed by atoms with van der Waals surface area (Å²) >= 11 is 0. The Bertz CT molecular complexity index is 935. The number of nitriles is 1. The number of rotatable bonds is 5. The molecule has 0 unspecified atom stereocenters. The SMILES string of the molecule is C/C=C/C(=O)N(C)CC[C@@H]1[C@H](C(C)=O)Cc2c([nH]c3ccccc23)[C@@H]1C#N. The van der Waals surface area contributed by atoms with Gasteiger partial charge in [0.1, 0.15) is 5.78 Å². The van der Waals surface area contributed by atoms with Crippen molar-refractivity contribution in [1.82, 2.24) is 9.88 Å². The van der Waals surface area contributed by atoms with Gasteiger partial charge in [-0.25, -0.2) is 0 Å². The molecule has 1 aromatic carbocycles. The summed E-state index contributed by atoms with van der Waals surface area (Å²) in [6.07, 6.45) is 4.51. The first-order valence-electron chi connectivity index (χ1n) is 9.35. The number of hydrogen-bond donors (Lipinski definition) is 1. The van der Waals surface area contributed by atoms with E-state index in [0.717, 1.165) is 22.2 Å². The fourth-order valence-electron chi connectivity index (χ4n) is 4.22. The molecule has 27 heavy (non-hydrogen) atoms. The average molecular weight is 363 g/mol. The lowest BCUT2D eigenvalue weighted by atomic mass is 9.68. The van der Waals surface area contributed by atoms with E-state index in [4.69, 9.17) is 0 Å². The van der Waals surface area contributed by atoms with Gasteiger partial charge >= 0.3 is 0 Å². The highest BCUT2D eigenvalue weighted by atomic mass is 16.2. The summed E-state index contributed by atoms with van der Waals surface area (Å²) in [6.45, 7) is 3.94. The van der Waals surface area contributed by atoms with Gasteiger partial charge in [0.05, 0.1) is 12.0 Å². The number of Topliss-reactive ketones (excluding diaryl/α,β-unsaturated/α-hetero) is 1. The monoisotopic (exact) mass is 363 g/mol. The Morgan fingerprint density at radius 2 is 2.11 bits per heavy atom. The molecule has 0 fully saturated rings. The van der Waals surface area contributed by atoms with Crippen molar-refractivity contribution < 1.29 is 9.59 Å². The number of amides is 1. The lowest BCUT2D eigenvalue weighted by molar-refractivity contribution is -0.125. The molecule has 3 atom stereocenters. The van der Waals surface area contributed by atoms with Crippen LogP contribution >= 0.6 is 0 Å². The highest BCUT2D eigenvalue weighted by Gasteiger charge is 2.40. The standard InChI is InChI=1S/C22H25N3O2/c1-4-7-21(27)25(3)11-10-15-17(14(2)26)12-18-16-8-5-6-9-20(16)24-22(18)19(15)13-23/h4-9,15,17,19,24H,10-12H2,1-3H3/b7-4+/t15-,17+,19-/m1/s1. The Morgan fingerprint density at radius 1 is 1.37 bits per heavy atom. The highest BCUT2D eigenvalue weighted by molar-refractivity contribution is 5.88. The molecule has 1 aliphatic rings. The largest absolute Gasteiger partial charge is 0.357 e. The van der Waals surface area contributed by atoms with E-state index < -0.39 is 0 Å². The summed E-state index contributed by atoms with van der Waals surface area (Å²) in [5.74, 6) is -0.633. The van der Waals surface area contributed by atoms with Crippen LogP contribution < -0.4 is 0 Å². The fourth-order valence-corrected chi connectivity index (χ4v) is 4.22. The number of H-pyrrole nitrogens is 1. The maximum Gasteiger partial charge on any atom is 0.245 e. The first kappa shape index (κ1) is 18.9. The maximum absolute atomic E-state index is 12.4. The lowest BCUT2D eigenvalue weighted by Gasteiger charge is -2.34. The zero-order chi connectivity index (χ0) is 19.6. The van der Waals surface area contributed by atoms with Crippen molar-refractivity contribution >= 4 is 22.6 Å². The van der Waals surface area contributed by atoms with Crippen LogP contribution in [-0.4, -0.2) is 35.2 Å². The topological polar surface area (TPSA) is 77.0 Å². The van der Waals surface area contributed by atoms with Crippen LogP contribution in [0.1, 0.15) is 37.4 Å². The van der Waals surface area contributed by atoms with E-state index in [-0.39, 0.29) is 29.4 Å². The van der Waals surface area contributed by atoms with Gasteiger partial charge in [-0.15, -0.1) is 0 Å². The first-order chi connectivity index (χ1) is 13.0. The van der Waals surface area contributed by atoms with E-state index in [2.05, 4.69) is 11.1 Å². The molecular formula is C22H25N3O2. The number of benzene rings is 1. The summed E-state index contributed by atoms with van der Waals surface area (Å²) in [7, 11) is 1.75. The van der Waals surface area contributed by atoms with Gasteiger partial charge < -0.3 is 9.88 Å². The molecule has 0 saturated heterocycles. The van der Waals surface area contributed by atoms with Crippen LogP contribution in [0, 0.1) is 23.2 Å². The minimum Gasteiger partial charge on any atom is -0.357 e. The summed E-state index contributed by atoms with van der Waals surface area (Å²) in [4.78, 5) is 29.5. The molecule has 1 N–H and O–H groups in total. The van der Waals surface area contributed by atoms with E-state index in [1.54, 1.807) is 24.9 Å². The van der Waals surface area contributed by atoms with Crippen LogP contribution in [0.5, 0.6) is 0 Å². The van der Waals surface area contributed by atoms with Gasteiger partial charge in [0.2, 0.25) is 5.91 Å². The molecule has 5 heteroatoms. The number of likely N-dealkylation sites (N-methyl/N-ethyl adjacent to an activating group) is 1. The van der Waals surface area contributed by atoms with E-state index in [9.17, 15) is 14.9 Å². The second-order valence-corrected chi connectivity index (χ2v) is 7.30. The molecule has 0 radical (unpaired) electrons.